The smallest absolute Gasteiger partial charge is 0.332 e. The highest BCUT2D eigenvalue weighted by atomic mass is 16.5. The van der Waals surface area contributed by atoms with Crippen molar-refractivity contribution in [2.75, 3.05) is 7.11 Å². The number of primary amides is 1. The number of nitrogens with one attached hydrogen (secondary N) is 1. The second-order valence-corrected chi connectivity index (χ2v) is 5.97. The number of fused-ring (bicyclic) bond motifs is 1. The molecular weight excluding hydrogens is 362 g/mol. The maximum Gasteiger partial charge on any atom is 0.332 e. The first kappa shape index (κ1) is 17.3. The van der Waals surface area contributed by atoms with E-state index in [0.29, 0.717) is 17.0 Å². The average Bonchev–Trinajstić information content (AvgIpc) is 3.02. The first-order chi connectivity index (χ1) is 13.5. The van der Waals surface area contributed by atoms with Crippen LogP contribution in [0.4, 0.5) is 0 Å². The van der Waals surface area contributed by atoms with Gasteiger partial charge in [-0.2, -0.15) is 0 Å². The van der Waals surface area contributed by atoms with Crippen molar-refractivity contribution in [2.45, 2.75) is 0 Å². The SMILES string of the molecule is COc1ccc(-n2c(=O)[nH]c3c(C(N)=O)nc(-c4cccc(O)c4)nc32)cc1. The van der Waals surface area contributed by atoms with E-state index >= 15 is 0 Å². The largest absolute Gasteiger partial charge is 0.508 e. The van der Waals surface area contributed by atoms with Crippen LogP contribution in [0.1, 0.15) is 10.5 Å². The molecule has 0 fully saturated rings. The lowest BCUT2D eigenvalue weighted by molar-refractivity contribution is 0.0997. The number of phenols is 1. The molecule has 2 aromatic heterocycles. The Balaban J connectivity index is 2.02. The number of carbonyl (C=O) groups is 1. The van der Waals surface area contributed by atoms with E-state index in [1.165, 1.54) is 16.7 Å². The van der Waals surface area contributed by atoms with Gasteiger partial charge >= 0.3 is 5.69 Å². The number of benzene rings is 2. The van der Waals surface area contributed by atoms with Crippen molar-refractivity contribution in [3.8, 4) is 28.6 Å². The van der Waals surface area contributed by atoms with Gasteiger partial charge in [0.15, 0.2) is 17.2 Å². The highest BCUT2D eigenvalue weighted by Gasteiger charge is 2.20. The Labute approximate surface area is 158 Å². The number of H-pyrrole nitrogens is 1. The molecule has 0 aliphatic heterocycles. The molecular formula is C19H15N5O4. The van der Waals surface area contributed by atoms with Crippen molar-refractivity contribution in [2.24, 2.45) is 5.73 Å². The molecule has 0 atom stereocenters. The first-order valence-electron chi connectivity index (χ1n) is 8.24. The highest BCUT2D eigenvalue weighted by molar-refractivity contribution is 6.02. The Morgan fingerprint density at radius 1 is 1.18 bits per heavy atom. The monoisotopic (exact) mass is 377 g/mol. The number of hydrogen-bond donors (Lipinski definition) is 3. The van der Waals surface area contributed by atoms with Crippen LogP contribution in [0.5, 0.6) is 11.5 Å². The average molecular weight is 377 g/mol. The van der Waals surface area contributed by atoms with E-state index in [9.17, 15) is 14.7 Å². The lowest BCUT2D eigenvalue weighted by atomic mass is 10.2. The summed E-state index contributed by atoms with van der Waals surface area (Å²) in [5.41, 5.74) is 6.17. The molecule has 0 radical (unpaired) electrons. The van der Waals surface area contributed by atoms with Crippen LogP contribution < -0.4 is 16.2 Å². The molecule has 4 rings (SSSR count). The summed E-state index contributed by atoms with van der Waals surface area (Å²) in [5.74, 6) is -0.0108. The van der Waals surface area contributed by atoms with Crippen LogP contribution in [0.3, 0.4) is 0 Å². The minimum atomic E-state index is -0.808. The van der Waals surface area contributed by atoms with E-state index in [4.69, 9.17) is 10.5 Å². The van der Waals surface area contributed by atoms with Crippen LogP contribution in [0.25, 0.3) is 28.2 Å². The minimum Gasteiger partial charge on any atom is -0.508 e. The standard InChI is InChI=1S/C19H15N5O4/c1-28-13-7-5-11(6-8-13)24-18-15(22-19(24)27)14(16(20)26)21-17(23-18)10-3-2-4-12(25)9-10/h2-9,25H,1H3,(H2,20,26)(H,22,27). The number of ether oxygens (including phenoxy) is 1. The van der Waals surface area contributed by atoms with E-state index < -0.39 is 11.6 Å². The molecule has 9 heteroatoms. The Morgan fingerprint density at radius 2 is 1.93 bits per heavy atom. The number of carbonyl (C=O) groups excluding carboxylic acids is 1. The maximum absolute atomic E-state index is 12.6. The van der Waals surface area contributed by atoms with Crippen molar-refractivity contribution in [1.82, 2.24) is 19.5 Å². The Kier molecular flexibility index (Phi) is 4.04. The summed E-state index contributed by atoms with van der Waals surface area (Å²) >= 11 is 0. The quantitative estimate of drug-likeness (QED) is 0.494. The van der Waals surface area contributed by atoms with Crippen LogP contribution >= 0.6 is 0 Å². The molecule has 2 heterocycles. The summed E-state index contributed by atoms with van der Waals surface area (Å²) in [4.78, 5) is 35.7. The molecule has 0 saturated carbocycles. The van der Waals surface area contributed by atoms with Gasteiger partial charge in [-0.1, -0.05) is 12.1 Å². The second kappa shape index (κ2) is 6.54. The Bertz CT molecular complexity index is 1260. The van der Waals surface area contributed by atoms with E-state index in [0.717, 1.165) is 0 Å². The minimum absolute atomic E-state index is 0.0171. The molecule has 9 nitrogen and oxygen atoms in total. The third-order valence-corrected chi connectivity index (χ3v) is 4.21. The summed E-state index contributed by atoms with van der Waals surface area (Å²) in [6, 6.07) is 13.0. The summed E-state index contributed by atoms with van der Waals surface area (Å²) in [6.07, 6.45) is 0. The van der Waals surface area contributed by atoms with Gasteiger partial charge < -0.3 is 20.6 Å². The topological polar surface area (TPSA) is 136 Å². The van der Waals surface area contributed by atoms with E-state index in [2.05, 4.69) is 15.0 Å². The molecule has 0 spiro atoms. The van der Waals surface area contributed by atoms with E-state index in [1.807, 2.05) is 0 Å². The van der Waals surface area contributed by atoms with Gasteiger partial charge in [-0.15, -0.1) is 0 Å². The summed E-state index contributed by atoms with van der Waals surface area (Å²) in [7, 11) is 1.54. The highest BCUT2D eigenvalue weighted by Crippen LogP contribution is 2.24. The molecule has 28 heavy (non-hydrogen) atoms. The molecule has 4 aromatic rings. The number of hydrogen-bond acceptors (Lipinski definition) is 6. The van der Waals surface area contributed by atoms with E-state index in [1.54, 1.807) is 43.5 Å². The van der Waals surface area contributed by atoms with Crippen LogP contribution in [0.15, 0.2) is 53.3 Å². The number of imidazole rings is 1. The van der Waals surface area contributed by atoms with Crippen molar-refractivity contribution in [1.29, 1.82) is 0 Å². The van der Waals surface area contributed by atoms with Crippen molar-refractivity contribution in [3.63, 3.8) is 0 Å². The number of rotatable bonds is 4. The van der Waals surface area contributed by atoms with Gasteiger partial charge in [0, 0.05) is 5.56 Å². The molecule has 1 amide bonds. The zero-order chi connectivity index (χ0) is 19.8. The van der Waals surface area contributed by atoms with Crippen LogP contribution in [0.2, 0.25) is 0 Å². The zero-order valence-corrected chi connectivity index (χ0v) is 14.7. The number of nitrogens with zero attached hydrogens (tertiary/aromatic N) is 3. The zero-order valence-electron chi connectivity index (χ0n) is 14.7. The molecule has 0 aliphatic rings. The molecule has 4 N–H and O–H groups in total. The number of aromatic amines is 1. The van der Waals surface area contributed by atoms with Gasteiger partial charge in [0.1, 0.15) is 17.0 Å². The van der Waals surface area contributed by atoms with E-state index in [-0.39, 0.29) is 28.4 Å². The number of methoxy groups -OCH3 is 1. The maximum atomic E-state index is 12.6. The van der Waals surface area contributed by atoms with Crippen molar-refractivity contribution in [3.05, 3.63) is 64.7 Å². The fraction of sp³-hybridized carbons (Fsp3) is 0.0526. The number of nitrogens with two attached hydrogens (primary N) is 1. The number of aromatic nitrogens is 4. The van der Waals surface area contributed by atoms with Crippen LogP contribution in [-0.4, -0.2) is 37.6 Å². The molecule has 0 unspecified atom stereocenters. The van der Waals surface area contributed by atoms with Crippen LogP contribution in [0, 0.1) is 0 Å². The fourth-order valence-electron chi connectivity index (χ4n) is 2.91. The lowest BCUT2D eigenvalue weighted by Crippen LogP contribution is -2.15. The van der Waals surface area contributed by atoms with Gasteiger partial charge in [0.05, 0.1) is 12.8 Å². The van der Waals surface area contributed by atoms with Gasteiger partial charge in [0.2, 0.25) is 0 Å². The van der Waals surface area contributed by atoms with Gasteiger partial charge in [-0.05, 0) is 36.4 Å². The lowest BCUT2D eigenvalue weighted by Gasteiger charge is -2.07. The second-order valence-electron chi connectivity index (χ2n) is 5.97. The predicted octanol–water partition coefficient (Wildman–Crippen LogP) is 1.59. The van der Waals surface area contributed by atoms with Gasteiger partial charge in [0.25, 0.3) is 5.91 Å². The van der Waals surface area contributed by atoms with Crippen molar-refractivity contribution < 1.29 is 14.6 Å². The number of phenolic OH excluding ortho intramolecular Hbond substituents is 1. The molecule has 0 aliphatic carbocycles. The molecule has 140 valence electrons. The summed E-state index contributed by atoms with van der Waals surface area (Å²) in [5, 5.41) is 9.73. The van der Waals surface area contributed by atoms with Gasteiger partial charge in [-0.25, -0.2) is 19.3 Å². The van der Waals surface area contributed by atoms with Gasteiger partial charge in [-0.3, -0.25) is 4.79 Å². The molecule has 2 aromatic carbocycles. The predicted molar refractivity (Wildman–Crippen MR) is 102 cm³/mol. The summed E-state index contributed by atoms with van der Waals surface area (Å²) < 4.78 is 6.45. The third kappa shape index (κ3) is 2.84. The molecule has 0 bridgehead atoms. The first-order valence-corrected chi connectivity index (χ1v) is 8.24. The normalized spacial score (nSPS) is 10.9. The van der Waals surface area contributed by atoms with Crippen LogP contribution in [-0.2, 0) is 0 Å². The Morgan fingerprint density at radius 3 is 2.57 bits per heavy atom. The number of aromatic hydroxyl groups is 1. The fourth-order valence-corrected chi connectivity index (χ4v) is 2.91. The Hall–Kier alpha value is -4.14. The number of amides is 1. The molecule has 0 saturated heterocycles. The third-order valence-electron chi connectivity index (χ3n) is 4.21. The van der Waals surface area contributed by atoms with Crippen molar-refractivity contribution >= 4 is 17.1 Å². The summed E-state index contributed by atoms with van der Waals surface area (Å²) in [6.45, 7) is 0.